The maximum absolute atomic E-state index is 13.0. The molecule has 6 nitrogen and oxygen atoms in total. The largest absolute Gasteiger partial charge is 0.365 e. The van der Waals surface area contributed by atoms with Crippen molar-refractivity contribution in [2.45, 2.75) is 58.3 Å². The second-order valence-corrected chi connectivity index (χ2v) is 8.12. The number of nitrogens with one attached hydrogen (secondary N) is 1. The number of Topliss-reactive ketones (excluding diaryl/α,β-unsaturated/α-hetero) is 1. The summed E-state index contributed by atoms with van der Waals surface area (Å²) < 4.78 is 0. The van der Waals surface area contributed by atoms with Crippen molar-refractivity contribution in [1.29, 1.82) is 0 Å². The van der Waals surface area contributed by atoms with Gasteiger partial charge in [0, 0.05) is 17.2 Å². The topological polar surface area (TPSA) is 84.8 Å². The number of anilines is 1. The lowest BCUT2D eigenvalue weighted by molar-refractivity contribution is -0.120. The smallest absolute Gasteiger partial charge is 0.326 e. The van der Waals surface area contributed by atoms with Gasteiger partial charge in [-0.15, -0.1) is 0 Å². The van der Waals surface area contributed by atoms with Crippen LogP contribution in [0.5, 0.6) is 0 Å². The van der Waals surface area contributed by atoms with Crippen molar-refractivity contribution in [3.63, 3.8) is 0 Å². The second kappa shape index (κ2) is 11.9. The predicted octanol–water partition coefficient (Wildman–Crippen LogP) is 5.79. The number of carbonyl (C=O) groups excluding carboxylic acids is 3. The third-order valence-electron chi connectivity index (χ3n) is 5.67. The van der Waals surface area contributed by atoms with Crippen LogP contribution in [0.2, 0.25) is 0 Å². The summed E-state index contributed by atoms with van der Waals surface area (Å²) in [6, 6.07) is 15.3. The lowest BCUT2D eigenvalue weighted by Crippen LogP contribution is -2.24. The molecule has 0 atom stereocenters. The van der Waals surface area contributed by atoms with E-state index in [2.05, 4.69) is 10.5 Å². The van der Waals surface area contributed by atoms with Crippen LogP contribution in [0.15, 0.2) is 59.8 Å². The fourth-order valence-corrected chi connectivity index (χ4v) is 3.75. The molecule has 2 aromatic carbocycles. The van der Waals surface area contributed by atoms with Gasteiger partial charge in [-0.2, -0.15) is 0 Å². The molecule has 0 spiro atoms. The Balaban J connectivity index is 1.66. The van der Waals surface area contributed by atoms with Gasteiger partial charge in [-0.3, -0.25) is 9.59 Å². The average Bonchev–Trinajstić information content (AvgIpc) is 2.85. The first-order valence-corrected chi connectivity index (χ1v) is 11.4. The van der Waals surface area contributed by atoms with E-state index in [0.29, 0.717) is 23.2 Å². The van der Waals surface area contributed by atoms with Gasteiger partial charge in [-0.25, -0.2) is 4.79 Å². The highest BCUT2D eigenvalue weighted by Crippen LogP contribution is 2.25. The van der Waals surface area contributed by atoms with Gasteiger partial charge in [0.2, 0.25) is 11.7 Å². The standard InChI is InChI=1S/C26H30N2O4/c1-2-3-14-23(28-32-26(31)21-12-8-5-9-13-21)24(29)19-15-17-22(18-16-19)27-25(30)20-10-6-4-7-11-20/h5,8-9,12-13,15-18,20H,2-4,6-7,10-11,14H2,1H3,(H,27,30)/b28-23+. The van der Waals surface area contributed by atoms with Gasteiger partial charge < -0.3 is 10.2 Å². The molecule has 2 aromatic rings. The average molecular weight is 435 g/mol. The maximum Gasteiger partial charge on any atom is 0.365 e. The molecule has 0 unspecified atom stereocenters. The molecule has 1 fully saturated rings. The van der Waals surface area contributed by atoms with E-state index in [4.69, 9.17) is 4.84 Å². The first kappa shape index (κ1) is 23.4. The molecule has 168 valence electrons. The van der Waals surface area contributed by atoms with Gasteiger partial charge in [-0.1, -0.05) is 56.0 Å². The van der Waals surface area contributed by atoms with E-state index in [9.17, 15) is 14.4 Å². The van der Waals surface area contributed by atoms with E-state index in [-0.39, 0.29) is 23.3 Å². The molecule has 32 heavy (non-hydrogen) atoms. The molecule has 1 aliphatic rings. The molecule has 0 heterocycles. The Kier molecular flexibility index (Phi) is 8.72. The molecule has 0 aliphatic heterocycles. The number of hydrogen-bond donors (Lipinski definition) is 1. The molecule has 6 heteroatoms. The first-order chi connectivity index (χ1) is 15.6. The van der Waals surface area contributed by atoms with Gasteiger partial charge in [0.25, 0.3) is 0 Å². The van der Waals surface area contributed by atoms with E-state index in [0.717, 1.165) is 38.5 Å². The monoisotopic (exact) mass is 434 g/mol. The fourth-order valence-electron chi connectivity index (χ4n) is 3.75. The molecule has 1 saturated carbocycles. The van der Waals surface area contributed by atoms with Crippen LogP contribution in [-0.4, -0.2) is 23.4 Å². The van der Waals surface area contributed by atoms with Crippen LogP contribution in [0.25, 0.3) is 0 Å². The van der Waals surface area contributed by atoms with E-state index in [1.807, 2.05) is 6.92 Å². The summed E-state index contributed by atoms with van der Waals surface area (Å²) in [7, 11) is 0. The van der Waals surface area contributed by atoms with Gasteiger partial charge in [0.15, 0.2) is 0 Å². The summed E-state index contributed by atoms with van der Waals surface area (Å²) in [5, 5.41) is 6.84. The lowest BCUT2D eigenvalue weighted by Gasteiger charge is -2.20. The van der Waals surface area contributed by atoms with Crippen molar-refractivity contribution < 1.29 is 19.2 Å². The van der Waals surface area contributed by atoms with Crippen LogP contribution >= 0.6 is 0 Å². The summed E-state index contributed by atoms with van der Waals surface area (Å²) in [5.41, 5.74) is 1.68. The van der Waals surface area contributed by atoms with Crippen LogP contribution in [-0.2, 0) is 9.63 Å². The number of oxime groups is 1. The summed E-state index contributed by atoms with van der Waals surface area (Å²) in [6.45, 7) is 2.02. The molecule has 0 aromatic heterocycles. The number of ketones is 1. The minimum absolute atomic E-state index is 0.0433. The summed E-state index contributed by atoms with van der Waals surface area (Å²) in [6.07, 6.45) is 7.30. The second-order valence-electron chi connectivity index (χ2n) is 8.12. The molecule has 1 aliphatic carbocycles. The third-order valence-corrected chi connectivity index (χ3v) is 5.67. The van der Waals surface area contributed by atoms with Crippen LogP contribution in [0.1, 0.15) is 79.0 Å². The Bertz CT molecular complexity index is 946. The van der Waals surface area contributed by atoms with Crippen molar-refractivity contribution in [2.24, 2.45) is 11.1 Å². The minimum atomic E-state index is -0.604. The zero-order valence-electron chi connectivity index (χ0n) is 18.5. The van der Waals surface area contributed by atoms with Gasteiger partial charge in [-0.05, 0) is 62.1 Å². The highest BCUT2D eigenvalue weighted by molar-refractivity contribution is 6.45. The molecule has 1 N–H and O–H groups in total. The van der Waals surface area contributed by atoms with E-state index in [1.165, 1.54) is 6.42 Å². The Hall–Kier alpha value is -3.28. The van der Waals surface area contributed by atoms with Crippen LogP contribution in [0.4, 0.5) is 5.69 Å². The summed E-state index contributed by atoms with van der Waals surface area (Å²) in [5.74, 6) is -0.781. The van der Waals surface area contributed by atoms with Crippen molar-refractivity contribution in [2.75, 3.05) is 5.32 Å². The Morgan fingerprint density at radius 2 is 1.62 bits per heavy atom. The Morgan fingerprint density at radius 3 is 2.28 bits per heavy atom. The highest BCUT2D eigenvalue weighted by atomic mass is 16.7. The minimum Gasteiger partial charge on any atom is -0.326 e. The maximum atomic E-state index is 13.0. The normalized spacial score (nSPS) is 14.6. The Labute approximate surface area is 189 Å². The fraction of sp³-hybridized carbons (Fsp3) is 0.385. The van der Waals surface area contributed by atoms with Gasteiger partial charge in [0.1, 0.15) is 5.71 Å². The number of nitrogens with zero attached hydrogens (tertiary/aromatic N) is 1. The van der Waals surface area contributed by atoms with Crippen molar-refractivity contribution >= 4 is 29.1 Å². The first-order valence-electron chi connectivity index (χ1n) is 11.4. The zero-order chi connectivity index (χ0) is 22.8. The van der Waals surface area contributed by atoms with E-state index < -0.39 is 5.97 Å². The number of hydrogen-bond acceptors (Lipinski definition) is 5. The van der Waals surface area contributed by atoms with Crippen LogP contribution in [0.3, 0.4) is 0 Å². The number of carbonyl (C=O) groups is 3. The molecule has 0 bridgehead atoms. The molecule has 3 rings (SSSR count). The molecule has 1 amide bonds. The predicted molar refractivity (Wildman–Crippen MR) is 125 cm³/mol. The number of rotatable bonds is 9. The van der Waals surface area contributed by atoms with Crippen LogP contribution in [0, 0.1) is 5.92 Å². The van der Waals surface area contributed by atoms with Gasteiger partial charge in [0.05, 0.1) is 5.56 Å². The summed E-state index contributed by atoms with van der Waals surface area (Å²) >= 11 is 0. The number of benzene rings is 2. The molecule has 0 saturated heterocycles. The van der Waals surface area contributed by atoms with Crippen molar-refractivity contribution in [1.82, 2.24) is 0 Å². The third kappa shape index (κ3) is 6.61. The molecular formula is C26H30N2O4. The van der Waals surface area contributed by atoms with Crippen molar-refractivity contribution in [3.8, 4) is 0 Å². The van der Waals surface area contributed by atoms with Gasteiger partial charge >= 0.3 is 5.97 Å². The lowest BCUT2D eigenvalue weighted by atomic mass is 9.88. The molecule has 0 radical (unpaired) electrons. The molecular weight excluding hydrogens is 404 g/mol. The highest BCUT2D eigenvalue weighted by Gasteiger charge is 2.21. The summed E-state index contributed by atoms with van der Waals surface area (Å²) in [4.78, 5) is 42.6. The SMILES string of the molecule is CCCC/C(=N\OC(=O)c1ccccc1)C(=O)c1ccc(NC(=O)C2CCCCC2)cc1. The quantitative estimate of drug-likeness (QED) is 0.234. The van der Waals surface area contributed by atoms with E-state index >= 15 is 0 Å². The van der Waals surface area contributed by atoms with Crippen molar-refractivity contribution in [3.05, 3.63) is 65.7 Å². The zero-order valence-corrected chi connectivity index (χ0v) is 18.5. The van der Waals surface area contributed by atoms with E-state index in [1.54, 1.807) is 54.6 Å². The number of unbranched alkanes of at least 4 members (excludes halogenated alkanes) is 1. The van der Waals surface area contributed by atoms with Crippen LogP contribution < -0.4 is 5.32 Å². The Morgan fingerprint density at radius 1 is 0.938 bits per heavy atom. The number of amides is 1.